The Bertz CT molecular complexity index is 259. The molecule has 19 heavy (non-hydrogen) atoms. The molecule has 2 fully saturated rings. The quantitative estimate of drug-likeness (QED) is 0.817. The lowest BCUT2D eigenvalue weighted by Crippen LogP contribution is -2.35. The Labute approximate surface area is 123 Å². The van der Waals surface area contributed by atoms with Gasteiger partial charge >= 0.3 is 0 Å². The van der Waals surface area contributed by atoms with Gasteiger partial charge in [-0.3, -0.25) is 4.79 Å². The second-order valence-electron chi connectivity index (χ2n) is 6.10. The SMILES string of the molecule is CCC1CCC(CNC(=O)CC2CCCN2)CC1.Cl. The minimum Gasteiger partial charge on any atom is -0.356 e. The third-order valence-corrected chi connectivity index (χ3v) is 4.73. The van der Waals surface area contributed by atoms with E-state index in [1.807, 2.05) is 0 Å². The van der Waals surface area contributed by atoms with Crippen molar-refractivity contribution in [3.8, 4) is 0 Å². The fourth-order valence-electron chi connectivity index (χ4n) is 3.33. The fourth-order valence-corrected chi connectivity index (χ4v) is 3.33. The van der Waals surface area contributed by atoms with Crippen LogP contribution in [0.4, 0.5) is 0 Å². The molecule has 1 saturated heterocycles. The molecule has 0 aromatic carbocycles. The van der Waals surface area contributed by atoms with E-state index in [0.29, 0.717) is 12.5 Å². The van der Waals surface area contributed by atoms with Crippen LogP contribution < -0.4 is 10.6 Å². The predicted molar refractivity (Wildman–Crippen MR) is 81.6 cm³/mol. The van der Waals surface area contributed by atoms with Crippen molar-refractivity contribution in [3.63, 3.8) is 0 Å². The number of hydrogen-bond acceptors (Lipinski definition) is 2. The van der Waals surface area contributed by atoms with Crippen molar-refractivity contribution in [2.75, 3.05) is 13.1 Å². The van der Waals surface area contributed by atoms with Crippen LogP contribution in [0, 0.1) is 11.8 Å². The molecule has 4 heteroatoms. The van der Waals surface area contributed by atoms with Gasteiger partial charge in [-0.05, 0) is 44.1 Å². The van der Waals surface area contributed by atoms with E-state index in [9.17, 15) is 4.79 Å². The fraction of sp³-hybridized carbons (Fsp3) is 0.933. The Morgan fingerprint density at radius 1 is 1.16 bits per heavy atom. The first kappa shape index (κ1) is 16.8. The number of halogens is 1. The first-order chi connectivity index (χ1) is 8.78. The Kier molecular flexibility index (Phi) is 7.77. The Balaban J connectivity index is 0.00000180. The lowest BCUT2D eigenvalue weighted by Gasteiger charge is -2.28. The molecule has 1 saturated carbocycles. The van der Waals surface area contributed by atoms with E-state index in [1.54, 1.807) is 0 Å². The van der Waals surface area contributed by atoms with Crippen LogP contribution in [0.2, 0.25) is 0 Å². The average Bonchev–Trinajstić information content (AvgIpc) is 2.90. The second kappa shape index (κ2) is 8.80. The van der Waals surface area contributed by atoms with Crippen LogP contribution >= 0.6 is 12.4 Å². The van der Waals surface area contributed by atoms with Crippen molar-refractivity contribution < 1.29 is 4.79 Å². The lowest BCUT2D eigenvalue weighted by atomic mass is 9.81. The molecule has 3 nitrogen and oxygen atoms in total. The third-order valence-electron chi connectivity index (χ3n) is 4.73. The maximum atomic E-state index is 11.8. The van der Waals surface area contributed by atoms with Gasteiger partial charge in [0.1, 0.15) is 0 Å². The van der Waals surface area contributed by atoms with Crippen molar-refractivity contribution in [1.29, 1.82) is 0 Å². The van der Waals surface area contributed by atoms with Gasteiger partial charge in [-0.25, -0.2) is 0 Å². The summed E-state index contributed by atoms with van der Waals surface area (Å²) < 4.78 is 0. The van der Waals surface area contributed by atoms with Crippen LogP contribution in [0.1, 0.15) is 58.3 Å². The minimum absolute atomic E-state index is 0. The van der Waals surface area contributed by atoms with Gasteiger partial charge in [0.05, 0.1) is 0 Å². The highest BCUT2D eigenvalue weighted by Gasteiger charge is 2.21. The first-order valence-corrected chi connectivity index (χ1v) is 7.78. The van der Waals surface area contributed by atoms with Gasteiger partial charge in [-0.2, -0.15) is 0 Å². The Hall–Kier alpha value is -0.280. The van der Waals surface area contributed by atoms with E-state index in [-0.39, 0.29) is 18.3 Å². The van der Waals surface area contributed by atoms with Crippen molar-refractivity contribution >= 4 is 18.3 Å². The van der Waals surface area contributed by atoms with Crippen LogP contribution in [0.3, 0.4) is 0 Å². The van der Waals surface area contributed by atoms with E-state index < -0.39 is 0 Å². The largest absolute Gasteiger partial charge is 0.356 e. The summed E-state index contributed by atoms with van der Waals surface area (Å²) >= 11 is 0. The summed E-state index contributed by atoms with van der Waals surface area (Å²) in [6.07, 6.45) is 9.72. The molecule has 1 atom stereocenters. The molecule has 1 aliphatic carbocycles. The molecule has 0 spiro atoms. The average molecular weight is 289 g/mol. The van der Waals surface area contributed by atoms with Crippen LogP contribution in [-0.2, 0) is 4.79 Å². The zero-order valence-corrected chi connectivity index (χ0v) is 12.9. The van der Waals surface area contributed by atoms with Gasteiger partial charge in [-0.15, -0.1) is 12.4 Å². The smallest absolute Gasteiger partial charge is 0.221 e. The molecule has 112 valence electrons. The van der Waals surface area contributed by atoms with E-state index in [1.165, 1.54) is 38.5 Å². The van der Waals surface area contributed by atoms with Crippen LogP contribution in [-0.4, -0.2) is 25.0 Å². The zero-order chi connectivity index (χ0) is 12.8. The summed E-state index contributed by atoms with van der Waals surface area (Å²) in [5.41, 5.74) is 0. The van der Waals surface area contributed by atoms with E-state index >= 15 is 0 Å². The number of nitrogens with one attached hydrogen (secondary N) is 2. The molecule has 0 aromatic heterocycles. The maximum absolute atomic E-state index is 11.8. The van der Waals surface area contributed by atoms with Crippen molar-refractivity contribution in [1.82, 2.24) is 10.6 Å². The van der Waals surface area contributed by atoms with Gasteiger partial charge < -0.3 is 10.6 Å². The molecule has 0 bridgehead atoms. The summed E-state index contributed by atoms with van der Waals surface area (Å²) in [7, 11) is 0. The Morgan fingerprint density at radius 3 is 2.42 bits per heavy atom. The van der Waals surface area contributed by atoms with E-state index in [2.05, 4.69) is 17.6 Å². The van der Waals surface area contributed by atoms with E-state index in [0.717, 1.165) is 31.3 Å². The molecule has 2 N–H and O–H groups in total. The predicted octanol–water partition coefficient (Wildman–Crippen LogP) is 2.88. The summed E-state index contributed by atoms with van der Waals surface area (Å²) in [5.74, 6) is 1.92. The third kappa shape index (κ3) is 5.70. The summed E-state index contributed by atoms with van der Waals surface area (Å²) in [5, 5.41) is 6.51. The lowest BCUT2D eigenvalue weighted by molar-refractivity contribution is -0.121. The second-order valence-corrected chi connectivity index (χ2v) is 6.10. The molecule has 1 amide bonds. The minimum atomic E-state index is 0. The van der Waals surface area contributed by atoms with Crippen LogP contribution in [0.25, 0.3) is 0 Å². The standard InChI is InChI=1S/C15H28N2O.ClH/c1-2-12-5-7-13(8-6-12)11-17-15(18)10-14-4-3-9-16-14;/h12-14,16H,2-11H2,1H3,(H,17,18);1H. The number of amides is 1. The molecule has 1 unspecified atom stereocenters. The number of carbonyl (C=O) groups excluding carboxylic acids is 1. The summed E-state index contributed by atoms with van der Waals surface area (Å²) in [6, 6.07) is 0.431. The van der Waals surface area contributed by atoms with Crippen molar-refractivity contribution in [3.05, 3.63) is 0 Å². The highest BCUT2D eigenvalue weighted by molar-refractivity contribution is 5.85. The van der Waals surface area contributed by atoms with E-state index in [4.69, 9.17) is 0 Å². The normalized spacial score (nSPS) is 30.7. The number of rotatable bonds is 5. The van der Waals surface area contributed by atoms with Gasteiger partial charge in [0, 0.05) is 19.0 Å². The Morgan fingerprint density at radius 2 is 1.84 bits per heavy atom. The van der Waals surface area contributed by atoms with Gasteiger partial charge in [0.2, 0.25) is 5.91 Å². The van der Waals surface area contributed by atoms with Crippen molar-refractivity contribution in [2.45, 2.75) is 64.3 Å². The van der Waals surface area contributed by atoms with Gasteiger partial charge in [-0.1, -0.05) is 26.2 Å². The number of carbonyl (C=O) groups is 1. The molecule has 1 heterocycles. The van der Waals surface area contributed by atoms with Crippen LogP contribution in [0.5, 0.6) is 0 Å². The molecule has 0 radical (unpaired) electrons. The summed E-state index contributed by atoms with van der Waals surface area (Å²) in [4.78, 5) is 11.8. The molecule has 2 aliphatic rings. The van der Waals surface area contributed by atoms with Gasteiger partial charge in [0.15, 0.2) is 0 Å². The molecule has 1 aliphatic heterocycles. The van der Waals surface area contributed by atoms with Crippen LogP contribution in [0.15, 0.2) is 0 Å². The molecule has 0 aromatic rings. The molecule has 2 rings (SSSR count). The molecular formula is C15H29ClN2O. The number of hydrogen-bond donors (Lipinski definition) is 2. The first-order valence-electron chi connectivity index (χ1n) is 7.78. The topological polar surface area (TPSA) is 41.1 Å². The highest BCUT2D eigenvalue weighted by atomic mass is 35.5. The zero-order valence-electron chi connectivity index (χ0n) is 12.1. The van der Waals surface area contributed by atoms with Crippen molar-refractivity contribution in [2.24, 2.45) is 11.8 Å². The maximum Gasteiger partial charge on any atom is 0.221 e. The monoisotopic (exact) mass is 288 g/mol. The highest BCUT2D eigenvalue weighted by Crippen LogP contribution is 2.30. The summed E-state index contributed by atoms with van der Waals surface area (Å²) in [6.45, 7) is 4.28. The molecular weight excluding hydrogens is 260 g/mol. The van der Waals surface area contributed by atoms with Gasteiger partial charge in [0.25, 0.3) is 0 Å².